The van der Waals surface area contributed by atoms with E-state index < -0.39 is 0 Å². The van der Waals surface area contributed by atoms with Gasteiger partial charge in [-0.25, -0.2) is 0 Å². The van der Waals surface area contributed by atoms with E-state index in [0.717, 1.165) is 11.4 Å². The molecule has 21 heavy (non-hydrogen) atoms. The number of carbonyl (C=O) groups excluding carboxylic acids is 1. The lowest BCUT2D eigenvalue weighted by atomic mass is 10.1. The molecule has 2 aromatic carbocycles. The van der Waals surface area contributed by atoms with E-state index in [1.165, 1.54) is 16.7 Å². The molecule has 1 amide bonds. The number of amides is 1. The molecule has 0 aromatic heterocycles. The summed E-state index contributed by atoms with van der Waals surface area (Å²) in [6.07, 6.45) is 0. The molecule has 0 saturated heterocycles. The molecule has 0 heterocycles. The van der Waals surface area contributed by atoms with Crippen LogP contribution in [-0.2, 0) is 4.79 Å². The van der Waals surface area contributed by atoms with E-state index in [2.05, 4.69) is 17.6 Å². The minimum Gasteiger partial charge on any atom is -0.374 e. The molecule has 2 rings (SSSR count). The fourth-order valence-corrected chi connectivity index (χ4v) is 2.12. The van der Waals surface area contributed by atoms with Gasteiger partial charge in [-0.05, 0) is 68.7 Å². The van der Waals surface area contributed by atoms with Gasteiger partial charge in [-0.2, -0.15) is 0 Å². The Hall–Kier alpha value is -2.29. The number of carbonyl (C=O) groups is 1. The number of hydrogen-bond acceptors (Lipinski definition) is 2. The third-order valence-corrected chi connectivity index (χ3v) is 3.57. The molecule has 2 N–H and O–H groups in total. The van der Waals surface area contributed by atoms with Crippen molar-refractivity contribution in [3.63, 3.8) is 0 Å². The van der Waals surface area contributed by atoms with Gasteiger partial charge in [0.1, 0.15) is 6.04 Å². The first-order chi connectivity index (χ1) is 9.95. The van der Waals surface area contributed by atoms with Crippen molar-refractivity contribution in [1.29, 1.82) is 0 Å². The molecule has 1 atom stereocenters. The number of rotatable bonds is 4. The van der Waals surface area contributed by atoms with Gasteiger partial charge in [0, 0.05) is 11.4 Å². The van der Waals surface area contributed by atoms with Crippen molar-refractivity contribution in [2.45, 2.75) is 33.7 Å². The van der Waals surface area contributed by atoms with E-state index in [1.54, 1.807) is 0 Å². The maximum atomic E-state index is 12.2. The second kappa shape index (κ2) is 6.44. The molecule has 3 nitrogen and oxygen atoms in total. The van der Waals surface area contributed by atoms with Crippen molar-refractivity contribution in [1.82, 2.24) is 0 Å². The van der Waals surface area contributed by atoms with Crippen LogP contribution in [0.15, 0.2) is 42.5 Å². The zero-order chi connectivity index (χ0) is 15.4. The number of nitrogens with one attached hydrogen (secondary N) is 2. The maximum Gasteiger partial charge on any atom is 0.246 e. The number of aryl methyl sites for hydroxylation is 3. The molecule has 0 aliphatic carbocycles. The second-order valence-corrected chi connectivity index (χ2v) is 5.52. The largest absolute Gasteiger partial charge is 0.374 e. The summed E-state index contributed by atoms with van der Waals surface area (Å²) in [5, 5.41) is 6.16. The van der Waals surface area contributed by atoms with E-state index in [0.29, 0.717) is 0 Å². The van der Waals surface area contributed by atoms with Crippen molar-refractivity contribution < 1.29 is 4.79 Å². The van der Waals surface area contributed by atoms with Gasteiger partial charge in [0.15, 0.2) is 0 Å². The van der Waals surface area contributed by atoms with Crippen molar-refractivity contribution in [3.05, 3.63) is 59.2 Å². The van der Waals surface area contributed by atoms with Gasteiger partial charge < -0.3 is 10.6 Å². The number of hydrogen-bond donors (Lipinski definition) is 2. The van der Waals surface area contributed by atoms with E-state index in [9.17, 15) is 4.79 Å². The predicted molar refractivity (Wildman–Crippen MR) is 88.8 cm³/mol. The Morgan fingerprint density at radius 3 is 2.38 bits per heavy atom. The Labute approximate surface area is 126 Å². The van der Waals surface area contributed by atoms with Gasteiger partial charge in [0.25, 0.3) is 0 Å². The van der Waals surface area contributed by atoms with Crippen molar-refractivity contribution in [2.75, 3.05) is 10.6 Å². The van der Waals surface area contributed by atoms with Crippen LogP contribution in [0.5, 0.6) is 0 Å². The van der Waals surface area contributed by atoms with Crippen LogP contribution >= 0.6 is 0 Å². The van der Waals surface area contributed by atoms with Crippen LogP contribution in [0.1, 0.15) is 23.6 Å². The second-order valence-electron chi connectivity index (χ2n) is 5.52. The monoisotopic (exact) mass is 282 g/mol. The highest BCUT2D eigenvalue weighted by molar-refractivity contribution is 5.96. The standard InChI is InChI=1S/C18H22N2O/c1-12-6-5-7-16(10-12)19-15(4)18(21)20-17-9-8-13(2)14(3)11-17/h5-11,15,19H,1-4H3,(H,20,21). The van der Waals surface area contributed by atoms with E-state index in [4.69, 9.17) is 0 Å². The summed E-state index contributed by atoms with van der Waals surface area (Å²) in [6.45, 7) is 7.99. The van der Waals surface area contributed by atoms with Gasteiger partial charge in [-0.1, -0.05) is 18.2 Å². The molecule has 0 aliphatic rings. The normalized spacial score (nSPS) is 11.8. The smallest absolute Gasteiger partial charge is 0.246 e. The van der Waals surface area contributed by atoms with Gasteiger partial charge in [-0.15, -0.1) is 0 Å². The van der Waals surface area contributed by atoms with Crippen molar-refractivity contribution >= 4 is 17.3 Å². The number of anilines is 2. The minimum absolute atomic E-state index is 0.0419. The highest BCUT2D eigenvalue weighted by Crippen LogP contribution is 2.15. The third kappa shape index (κ3) is 4.09. The quantitative estimate of drug-likeness (QED) is 0.888. The molecule has 0 spiro atoms. The van der Waals surface area contributed by atoms with Gasteiger partial charge in [0.05, 0.1) is 0 Å². The molecule has 3 heteroatoms. The Morgan fingerprint density at radius 1 is 0.952 bits per heavy atom. The summed E-state index contributed by atoms with van der Waals surface area (Å²) < 4.78 is 0. The average molecular weight is 282 g/mol. The summed E-state index contributed by atoms with van der Waals surface area (Å²) >= 11 is 0. The lowest BCUT2D eigenvalue weighted by molar-refractivity contribution is -0.116. The Kier molecular flexibility index (Phi) is 4.63. The molecular weight excluding hydrogens is 260 g/mol. The Balaban J connectivity index is 2.00. The van der Waals surface area contributed by atoms with Gasteiger partial charge in [-0.3, -0.25) is 4.79 Å². The van der Waals surface area contributed by atoms with Crippen LogP contribution in [-0.4, -0.2) is 11.9 Å². The molecule has 2 aromatic rings. The molecule has 110 valence electrons. The first-order valence-electron chi connectivity index (χ1n) is 7.17. The molecule has 0 radical (unpaired) electrons. The number of benzene rings is 2. The van der Waals surface area contributed by atoms with Crippen LogP contribution in [0.2, 0.25) is 0 Å². The van der Waals surface area contributed by atoms with Crippen LogP contribution < -0.4 is 10.6 Å². The maximum absolute atomic E-state index is 12.2. The Bertz CT molecular complexity index is 649. The van der Waals surface area contributed by atoms with Crippen LogP contribution in [0.25, 0.3) is 0 Å². The highest BCUT2D eigenvalue weighted by Gasteiger charge is 2.13. The minimum atomic E-state index is -0.298. The molecule has 0 saturated carbocycles. The lowest BCUT2D eigenvalue weighted by Gasteiger charge is -2.16. The molecular formula is C18H22N2O. The SMILES string of the molecule is Cc1cccc(NC(C)C(=O)Nc2ccc(C)c(C)c2)c1. The first kappa shape index (κ1) is 15.1. The summed E-state index contributed by atoms with van der Waals surface area (Å²) in [5.74, 6) is -0.0419. The fourth-order valence-electron chi connectivity index (χ4n) is 2.12. The summed E-state index contributed by atoms with van der Waals surface area (Å²) in [5.41, 5.74) is 5.35. The molecule has 0 bridgehead atoms. The average Bonchev–Trinajstić information content (AvgIpc) is 2.43. The van der Waals surface area contributed by atoms with E-state index in [-0.39, 0.29) is 11.9 Å². The summed E-state index contributed by atoms with van der Waals surface area (Å²) in [6, 6.07) is 13.6. The molecule has 1 unspecified atom stereocenters. The zero-order valence-electron chi connectivity index (χ0n) is 13.0. The topological polar surface area (TPSA) is 41.1 Å². The van der Waals surface area contributed by atoms with Gasteiger partial charge >= 0.3 is 0 Å². The van der Waals surface area contributed by atoms with Gasteiger partial charge in [0.2, 0.25) is 5.91 Å². The zero-order valence-corrected chi connectivity index (χ0v) is 13.0. The summed E-state index contributed by atoms with van der Waals surface area (Å²) in [7, 11) is 0. The van der Waals surface area contributed by atoms with Crippen LogP contribution in [0, 0.1) is 20.8 Å². The highest BCUT2D eigenvalue weighted by atomic mass is 16.2. The van der Waals surface area contributed by atoms with Crippen molar-refractivity contribution in [3.8, 4) is 0 Å². The van der Waals surface area contributed by atoms with Crippen LogP contribution in [0.4, 0.5) is 11.4 Å². The van der Waals surface area contributed by atoms with Crippen LogP contribution in [0.3, 0.4) is 0 Å². The van der Waals surface area contributed by atoms with Crippen molar-refractivity contribution in [2.24, 2.45) is 0 Å². The third-order valence-electron chi connectivity index (χ3n) is 3.57. The Morgan fingerprint density at radius 2 is 1.71 bits per heavy atom. The molecule has 0 fully saturated rings. The van der Waals surface area contributed by atoms with E-state index in [1.807, 2.05) is 63.2 Å². The fraction of sp³-hybridized carbons (Fsp3) is 0.278. The van der Waals surface area contributed by atoms with E-state index >= 15 is 0 Å². The lowest BCUT2D eigenvalue weighted by Crippen LogP contribution is -2.31. The predicted octanol–water partition coefficient (Wildman–Crippen LogP) is 4.05. The molecule has 0 aliphatic heterocycles. The summed E-state index contributed by atoms with van der Waals surface area (Å²) in [4.78, 5) is 12.2. The first-order valence-corrected chi connectivity index (χ1v) is 7.17.